The van der Waals surface area contributed by atoms with Crippen molar-refractivity contribution in [3.05, 3.63) is 28.2 Å². The number of rotatable bonds is 3. The third-order valence-corrected chi connectivity index (χ3v) is 3.85. The average molecular weight is 340 g/mol. The third-order valence-electron chi connectivity index (χ3n) is 3.21. The van der Waals surface area contributed by atoms with Crippen LogP contribution in [-0.4, -0.2) is 31.1 Å². The van der Waals surface area contributed by atoms with Crippen molar-refractivity contribution in [3.63, 3.8) is 0 Å². The lowest BCUT2D eigenvalue weighted by molar-refractivity contribution is -0.120. The van der Waals surface area contributed by atoms with Gasteiger partial charge in [0.2, 0.25) is 5.91 Å². The Morgan fingerprint density at radius 3 is 2.75 bits per heavy atom. The summed E-state index contributed by atoms with van der Waals surface area (Å²) in [7, 11) is 0. The van der Waals surface area contributed by atoms with Crippen molar-refractivity contribution in [2.24, 2.45) is 0 Å². The van der Waals surface area contributed by atoms with Crippen LogP contribution >= 0.6 is 15.9 Å². The largest absolute Gasteiger partial charge is 0.360 e. The molecule has 0 atom stereocenters. The van der Waals surface area contributed by atoms with E-state index in [4.69, 9.17) is 0 Å². The fraction of sp³-hybridized carbons (Fsp3) is 0.533. The van der Waals surface area contributed by atoms with Crippen LogP contribution in [-0.2, 0) is 11.3 Å². The van der Waals surface area contributed by atoms with Gasteiger partial charge in [-0.2, -0.15) is 0 Å². The summed E-state index contributed by atoms with van der Waals surface area (Å²) in [6, 6.07) is 6.33. The number of carbonyl (C=O) groups excluding carboxylic acids is 1. The minimum atomic E-state index is 0.0848. The Morgan fingerprint density at radius 1 is 1.40 bits per heavy atom. The van der Waals surface area contributed by atoms with Crippen LogP contribution in [0.2, 0.25) is 0 Å². The second kappa shape index (κ2) is 6.14. The molecule has 20 heavy (non-hydrogen) atoms. The van der Waals surface area contributed by atoms with E-state index in [0.717, 1.165) is 23.2 Å². The minimum Gasteiger partial charge on any atom is -0.360 e. The van der Waals surface area contributed by atoms with Gasteiger partial charge in [-0.3, -0.25) is 4.79 Å². The number of hydrogen-bond donors (Lipinski definition) is 2. The van der Waals surface area contributed by atoms with Crippen molar-refractivity contribution in [2.45, 2.75) is 32.9 Å². The van der Waals surface area contributed by atoms with Gasteiger partial charge in [-0.1, -0.05) is 6.07 Å². The highest BCUT2D eigenvalue weighted by atomic mass is 79.9. The molecule has 2 N–H and O–H groups in total. The number of nitrogens with one attached hydrogen (secondary N) is 2. The zero-order valence-corrected chi connectivity index (χ0v) is 13.9. The zero-order chi connectivity index (χ0) is 14.8. The van der Waals surface area contributed by atoms with Crippen molar-refractivity contribution < 1.29 is 4.79 Å². The lowest BCUT2D eigenvalue weighted by Crippen LogP contribution is -2.47. The van der Waals surface area contributed by atoms with Crippen LogP contribution in [0.1, 0.15) is 26.3 Å². The lowest BCUT2D eigenvalue weighted by atomic mass is 10.1. The highest BCUT2D eigenvalue weighted by Gasteiger charge is 2.18. The van der Waals surface area contributed by atoms with Crippen molar-refractivity contribution in [3.8, 4) is 0 Å². The topological polar surface area (TPSA) is 44.4 Å². The van der Waals surface area contributed by atoms with Crippen LogP contribution < -0.4 is 15.5 Å². The van der Waals surface area contributed by atoms with E-state index in [0.29, 0.717) is 13.1 Å². The summed E-state index contributed by atoms with van der Waals surface area (Å²) < 4.78 is 1.04. The van der Waals surface area contributed by atoms with Crippen molar-refractivity contribution in [1.29, 1.82) is 0 Å². The molecule has 1 amide bonds. The second-order valence-electron chi connectivity index (χ2n) is 6.16. The number of anilines is 1. The molecule has 0 aliphatic carbocycles. The van der Waals surface area contributed by atoms with E-state index in [9.17, 15) is 4.79 Å². The number of nitrogens with zero attached hydrogens (tertiary/aromatic N) is 1. The van der Waals surface area contributed by atoms with Gasteiger partial charge < -0.3 is 15.5 Å². The van der Waals surface area contributed by atoms with E-state index in [2.05, 4.69) is 70.4 Å². The molecule has 0 saturated carbocycles. The Labute approximate surface area is 129 Å². The van der Waals surface area contributed by atoms with E-state index in [1.165, 1.54) is 5.56 Å². The summed E-state index contributed by atoms with van der Waals surface area (Å²) in [6.07, 6.45) is 0. The van der Waals surface area contributed by atoms with Gasteiger partial charge in [0.15, 0.2) is 0 Å². The van der Waals surface area contributed by atoms with Gasteiger partial charge in [-0.25, -0.2) is 0 Å². The first-order valence-corrected chi connectivity index (χ1v) is 7.69. The molecule has 1 aromatic rings. The number of carbonyl (C=O) groups is 1. The summed E-state index contributed by atoms with van der Waals surface area (Å²) in [4.78, 5) is 13.6. The number of piperazine rings is 1. The van der Waals surface area contributed by atoms with Crippen LogP contribution in [0, 0.1) is 0 Å². The van der Waals surface area contributed by atoms with Crippen molar-refractivity contribution in [2.75, 3.05) is 24.5 Å². The van der Waals surface area contributed by atoms with E-state index in [1.807, 2.05) is 0 Å². The summed E-state index contributed by atoms with van der Waals surface area (Å²) in [5, 5.41) is 6.32. The summed E-state index contributed by atoms with van der Waals surface area (Å²) in [5.41, 5.74) is 2.42. The Morgan fingerprint density at radius 2 is 2.15 bits per heavy atom. The Kier molecular flexibility index (Phi) is 4.70. The summed E-state index contributed by atoms with van der Waals surface area (Å²) >= 11 is 3.62. The van der Waals surface area contributed by atoms with Gasteiger partial charge >= 0.3 is 0 Å². The molecule has 4 nitrogen and oxygen atoms in total. The van der Waals surface area contributed by atoms with E-state index < -0.39 is 0 Å². The van der Waals surface area contributed by atoms with Gasteiger partial charge in [-0.05, 0) is 54.4 Å². The normalized spacial score (nSPS) is 16.2. The maximum atomic E-state index is 11.5. The molecule has 0 bridgehead atoms. The smallest absolute Gasteiger partial charge is 0.239 e. The molecule has 1 aromatic carbocycles. The third kappa shape index (κ3) is 4.21. The Hall–Kier alpha value is -1.07. The molecule has 0 unspecified atom stereocenters. The van der Waals surface area contributed by atoms with Gasteiger partial charge in [-0.15, -0.1) is 0 Å². The SMILES string of the molecule is CC(C)(C)NCc1ccc(N2CCNC(=O)C2)c(Br)c1. The molecular weight excluding hydrogens is 318 g/mol. The molecule has 5 heteroatoms. The number of hydrogen-bond acceptors (Lipinski definition) is 3. The first kappa shape index (κ1) is 15.3. The van der Waals surface area contributed by atoms with Gasteiger partial charge in [0.1, 0.15) is 0 Å². The highest BCUT2D eigenvalue weighted by Crippen LogP contribution is 2.28. The van der Waals surface area contributed by atoms with Crippen molar-refractivity contribution >= 4 is 27.5 Å². The fourth-order valence-corrected chi connectivity index (χ4v) is 2.81. The molecule has 1 heterocycles. The average Bonchev–Trinajstić information content (AvgIpc) is 2.35. The van der Waals surface area contributed by atoms with Crippen molar-refractivity contribution in [1.82, 2.24) is 10.6 Å². The minimum absolute atomic E-state index is 0.0848. The van der Waals surface area contributed by atoms with E-state index in [-0.39, 0.29) is 11.4 Å². The first-order chi connectivity index (χ1) is 9.35. The van der Waals surface area contributed by atoms with Crippen LogP contribution in [0.15, 0.2) is 22.7 Å². The lowest BCUT2D eigenvalue weighted by Gasteiger charge is -2.29. The second-order valence-corrected chi connectivity index (χ2v) is 7.02. The number of benzene rings is 1. The van der Waals surface area contributed by atoms with Gasteiger partial charge in [0, 0.05) is 29.6 Å². The first-order valence-electron chi connectivity index (χ1n) is 6.90. The molecule has 1 fully saturated rings. The predicted molar refractivity (Wildman–Crippen MR) is 86.0 cm³/mol. The van der Waals surface area contributed by atoms with E-state index in [1.54, 1.807) is 0 Å². The van der Waals surface area contributed by atoms with Crippen LogP contribution in [0.5, 0.6) is 0 Å². The quantitative estimate of drug-likeness (QED) is 0.887. The summed E-state index contributed by atoms with van der Waals surface area (Å²) in [5.74, 6) is 0.0848. The predicted octanol–water partition coefficient (Wildman–Crippen LogP) is 2.27. The van der Waals surface area contributed by atoms with Crippen LogP contribution in [0.25, 0.3) is 0 Å². The van der Waals surface area contributed by atoms with E-state index >= 15 is 0 Å². The number of amides is 1. The molecule has 2 rings (SSSR count). The van der Waals surface area contributed by atoms with Crippen LogP contribution in [0.4, 0.5) is 5.69 Å². The Balaban J connectivity index is 2.07. The molecule has 0 radical (unpaired) electrons. The fourth-order valence-electron chi connectivity index (χ4n) is 2.13. The molecule has 1 aliphatic heterocycles. The van der Waals surface area contributed by atoms with Crippen LogP contribution in [0.3, 0.4) is 0 Å². The molecule has 1 aliphatic rings. The summed E-state index contributed by atoms with van der Waals surface area (Å²) in [6.45, 7) is 9.29. The maximum Gasteiger partial charge on any atom is 0.239 e. The molecular formula is C15H22BrN3O. The zero-order valence-electron chi connectivity index (χ0n) is 12.3. The molecule has 0 aromatic heterocycles. The standard InChI is InChI=1S/C15H22BrN3O/c1-15(2,3)18-9-11-4-5-13(12(16)8-11)19-7-6-17-14(20)10-19/h4-5,8,18H,6-7,9-10H2,1-3H3,(H,17,20). The molecule has 110 valence electrons. The number of halogens is 1. The highest BCUT2D eigenvalue weighted by molar-refractivity contribution is 9.10. The van der Waals surface area contributed by atoms with Gasteiger partial charge in [0.05, 0.1) is 12.2 Å². The van der Waals surface area contributed by atoms with Gasteiger partial charge in [0.25, 0.3) is 0 Å². The molecule has 0 spiro atoms. The molecule has 1 saturated heterocycles. The monoisotopic (exact) mass is 339 g/mol. The maximum absolute atomic E-state index is 11.5. The Bertz CT molecular complexity index is 496.